The molecule has 5 atom stereocenters. The normalized spacial score (nSPS) is 19.2. The molecule has 3 aromatic carbocycles. The van der Waals surface area contributed by atoms with Gasteiger partial charge in [0.2, 0.25) is 18.1 Å². The second-order valence-corrected chi connectivity index (χ2v) is 19.9. The number of carbonyl (C=O) groups excluding carboxylic acids is 4. The highest BCUT2D eigenvalue weighted by molar-refractivity contribution is 6.12. The fraction of sp³-hybridized carbons (Fsp3) is 0.373. The number of hydrogen-bond donors (Lipinski definition) is 6. The number of nitrogens with zero attached hydrogens (tertiary/aromatic N) is 8. The summed E-state index contributed by atoms with van der Waals surface area (Å²) in [4.78, 5) is 80.9. The predicted octanol–water partition coefficient (Wildman–Crippen LogP) is 2.75. The van der Waals surface area contributed by atoms with Crippen molar-refractivity contribution in [1.82, 2.24) is 44.4 Å². The van der Waals surface area contributed by atoms with Crippen molar-refractivity contribution in [1.29, 1.82) is 0 Å². The number of benzene rings is 3. The summed E-state index contributed by atoms with van der Waals surface area (Å²) in [5.41, 5.74) is 7.06. The Hall–Kier alpha value is -8.24. The molecule has 4 amide bonds. The molecule has 6 N–H and O–H groups in total. The SMILES string of the molecule is Cc1ccc(-c2ncn(-c3ccc(Cc4nccc(-c5cccc([N+]6(Cc7ccc(O[C@@H]8O[C@H](C(=O)O)[C@@H](O)[C@H](O)[C@H]8O)c(NC(=O)CCNC(=O)CCOCCOCCOCCN8C(=O)C=CC8=O)c7)CCOCC6)c5)n4)cc3)n2)cn1.[CH3-]. The molecule has 2 fully saturated rings. The molecule has 25 nitrogen and oxygen atoms in total. The third-order valence-electron chi connectivity index (χ3n) is 14.1. The Morgan fingerprint density at radius 1 is 0.762 bits per heavy atom. The van der Waals surface area contributed by atoms with Crippen molar-refractivity contribution in [3.8, 4) is 34.1 Å². The number of carboxylic acid groups (broad SMARTS) is 1. The van der Waals surface area contributed by atoms with E-state index in [1.807, 2.05) is 61.5 Å². The van der Waals surface area contributed by atoms with Crippen LogP contribution in [0.3, 0.4) is 0 Å². The Morgan fingerprint density at radius 3 is 2.21 bits per heavy atom. The first-order valence-electron chi connectivity index (χ1n) is 27.1. The minimum atomic E-state index is -1.95. The molecule has 3 aromatic heterocycles. The summed E-state index contributed by atoms with van der Waals surface area (Å²) in [6, 6.07) is 26.8. The second-order valence-electron chi connectivity index (χ2n) is 19.9. The molecule has 0 radical (unpaired) electrons. The number of morpholine rings is 1. The minimum absolute atomic E-state index is 0. The molecule has 3 aliphatic rings. The van der Waals surface area contributed by atoms with E-state index in [1.54, 1.807) is 35.5 Å². The van der Waals surface area contributed by atoms with Gasteiger partial charge in [0, 0.05) is 78.8 Å². The van der Waals surface area contributed by atoms with Crippen molar-refractivity contribution in [2.24, 2.45) is 0 Å². The lowest BCUT2D eigenvalue weighted by Gasteiger charge is -2.41. The standard InChI is InChI=1S/C58H64N10O15.CH3/c1-37-5-9-41(34-61-37)56-62-36-67(65-56)42-10-6-38(7-11-42)32-47-59-18-15-44(63-47)40-3-2-4-43(33-40)68(21-25-80-26-22-68)35-39-8-12-46(82-58-54(75)52(73)53(74)55(83-58)57(76)77)45(31-39)64-49(70)16-19-60-48(69)17-23-78-27-29-81-30-28-79-24-20-66-50(71)13-14-51(66)72;/h2-15,18,31,33-34,36,52-55,58,73-75H,16-17,19-30,32,35H2,1H3,(H2-,60,64,69,70,76,77);1H3/q;-1/p+1/t52-,53-,54+,55-,58+;/m0./s1. The summed E-state index contributed by atoms with van der Waals surface area (Å²) >= 11 is 0. The summed E-state index contributed by atoms with van der Waals surface area (Å²) in [5, 5.41) is 51.6. The molecular weight excluding hydrogens is 1090 g/mol. The van der Waals surface area contributed by atoms with E-state index in [2.05, 4.69) is 42.8 Å². The quantitative estimate of drug-likeness (QED) is 0.0187. The van der Waals surface area contributed by atoms with E-state index in [0.29, 0.717) is 55.4 Å². The van der Waals surface area contributed by atoms with Crippen LogP contribution in [0.4, 0.5) is 11.4 Å². The van der Waals surface area contributed by atoms with E-state index in [9.17, 15) is 44.4 Å². The molecule has 3 aliphatic heterocycles. The number of nitrogens with one attached hydrogen (secondary N) is 2. The Labute approximate surface area is 484 Å². The van der Waals surface area contributed by atoms with Crippen molar-refractivity contribution < 1.29 is 72.8 Å². The van der Waals surface area contributed by atoms with Gasteiger partial charge < -0.3 is 66.9 Å². The molecule has 9 rings (SSSR count). The topological polar surface area (TPSA) is 318 Å². The van der Waals surface area contributed by atoms with Gasteiger partial charge in [-0.1, -0.05) is 24.3 Å². The van der Waals surface area contributed by atoms with Gasteiger partial charge in [-0.2, -0.15) is 0 Å². The largest absolute Gasteiger partial charge is 0.479 e. The average molecular weight is 1160 g/mol. The van der Waals surface area contributed by atoms with Gasteiger partial charge in [-0.05, 0) is 67.1 Å². The van der Waals surface area contributed by atoms with Gasteiger partial charge in [0.05, 0.1) is 76.5 Å². The number of imide groups is 1. The fourth-order valence-corrected chi connectivity index (χ4v) is 9.50. The van der Waals surface area contributed by atoms with Crippen LogP contribution < -0.4 is 19.9 Å². The zero-order valence-corrected chi connectivity index (χ0v) is 46.5. The molecule has 0 unspecified atom stereocenters. The Bertz CT molecular complexity index is 3230. The number of carboxylic acids is 1. The maximum absolute atomic E-state index is 13.6. The number of carbonyl (C=O) groups is 5. The molecule has 25 heteroatoms. The van der Waals surface area contributed by atoms with E-state index in [1.165, 1.54) is 18.2 Å². The lowest BCUT2D eigenvalue weighted by Crippen LogP contribution is -2.61. The van der Waals surface area contributed by atoms with Gasteiger partial charge in [0.1, 0.15) is 61.5 Å². The van der Waals surface area contributed by atoms with Crippen LogP contribution in [-0.2, 0) is 60.6 Å². The van der Waals surface area contributed by atoms with E-state index in [4.69, 9.17) is 33.4 Å². The third kappa shape index (κ3) is 16.1. The van der Waals surface area contributed by atoms with E-state index < -0.39 is 42.6 Å². The number of aliphatic hydroxyl groups is 3. The lowest BCUT2D eigenvalue weighted by molar-refractivity contribution is -0.271. The van der Waals surface area contributed by atoms with Gasteiger partial charge >= 0.3 is 5.97 Å². The van der Waals surface area contributed by atoms with Crippen LogP contribution in [0.15, 0.2) is 116 Å². The number of ether oxygens (including phenoxy) is 6. The zero-order chi connectivity index (χ0) is 58.3. The fourth-order valence-electron chi connectivity index (χ4n) is 9.50. The minimum Gasteiger partial charge on any atom is -0.479 e. The highest BCUT2D eigenvalue weighted by Gasteiger charge is 2.48. The smallest absolute Gasteiger partial charge is 0.335 e. The Kier molecular flexibility index (Phi) is 21.6. The zero-order valence-electron chi connectivity index (χ0n) is 46.5. The number of rotatable bonds is 27. The van der Waals surface area contributed by atoms with Crippen LogP contribution in [-0.4, -0.2) is 194 Å². The van der Waals surface area contributed by atoms with Crippen LogP contribution in [0.1, 0.15) is 35.5 Å². The first-order valence-corrected chi connectivity index (χ1v) is 27.1. The van der Waals surface area contributed by atoms with Crippen LogP contribution in [0.25, 0.3) is 28.3 Å². The number of aliphatic carboxylic acids is 1. The van der Waals surface area contributed by atoms with Gasteiger partial charge in [0.25, 0.3) is 11.8 Å². The lowest BCUT2D eigenvalue weighted by atomic mass is 9.99. The number of aryl methyl sites for hydroxylation is 1. The summed E-state index contributed by atoms with van der Waals surface area (Å²) in [5.74, 6) is -2.04. The third-order valence-corrected chi connectivity index (χ3v) is 14.1. The van der Waals surface area contributed by atoms with Gasteiger partial charge in [-0.3, -0.25) is 33.5 Å². The van der Waals surface area contributed by atoms with Crippen molar-refractivity contribution in [3.63, 3.8) is 0 Å². The van der Waals surface area contributed by atoms with E-state index in [-0.39, 0.29) is 102 Å². The highest BCUT2D eigenvalue weighted by atomic mass is 16.7. The first-order chi connectivity index (χ1) is 40.2. The average Bonchev–Trinajstić information content (AvgIpc) is 3.30. The van der Waals surface area contributed by atoms with Crippen molar-refractivity contribution >= 4 is 41.0 Å². The first kappa shape index (κ1) is 61.8. The number of quaternary nitrogens is 1. The van der Waals surface area contributed by atoms with Crippen LogP contribution in [0.2, 0.25) is 0 Å². The van der Waals surface area contributed by atoms with Crippen molar-refractivity contribution in [2.45, 2.75) is 63.4 Å². The number of hydrogen-bond acceptors (Lipinski definition) is 19. The number of aliphatic hydroxyl groups excluding tert-OH is 3. The second kappa shape index (κ2) is 29.3. The van der Waals surface area contributed by atoms with Crippen LogP contribution in [0, 0.1) is 14.4 Å². The molecule has 6 aromatic rings. The van der Waals surface area contributed by atoms with Crippen molar-refractivity contribution in [2.75, 3.05) is 84.4 Å². The summed E-state index contributed by atoms with van der Waals surface area (Å²) in [6.45, 7) is 5.81. The summed E-state index contributed by atoms with van der Waals surface area (Å²) in [6.07, 6.45) is -1.52. The summed E-state index contributed by atoms with van der Waals surface area (Å²) in [7, 11) is 0. The number of aromatic nitrogens is 6. The number of pyridine rings is 1. The molecule has 444 valence electrons. The number of anilines is 1. The van der Waals surface area contributed by atoms with Crippen LogP contribution in [0.5, 0.6) is 5.75 Å². The van der Waals surface area contributed by atoms with Gasteiger partial charge in [0.15, 0.2) is 11.9 Å². The van der Waals surface area contributed by atoms with E-state index >= 15 is 0 Å². The van der Waals surface area contributed by atoms with Crippen LogP contribution >= 0.6 is 0 Å². The predicted molar refractivity (Wildman–Crippen MR) is 303 cm³/mol. The molecule has 0 aliphatic carbocycles. The molecular formula is C59H68N10O15. The van der Waals surface area contributed by atoms with E-state index in [0.717, 1.165) is 49.9 Å². The molecule has 2 saturated heterocycles. The maximum atomic E-state index is 13.6. The summed E-state index contributed by atoms with van der Waals surface area (Å²) < 4.78 is 35.8. The maximum Gasteiger partial charge on any atom is 0.335 e. The monoisotopic (exact) mass is 1160 g/mol. The van der Waals surface area contributed by atoms with Gasteiger partial charge in [-0.25, -0.2) is 24.4 Å². The highest BCUT2D eigenvalue weighted by Crippen LogP contribution is 2.36. The molecule has 6 heterocycles. The molecule has 84 heavy (non-hydrogen) atoms. The molecule has 0 spiro atoms. The van der Waals surface area contributed by atoms with Crippen molar-refractivity contribution in [3.05, 3.63) is 146 Å². The van der Waals surface area contributed by atoms with Gasteiger partial charge in [-0.15, -0.1) is 5.10 Å². The Morgan fingerprint density at radius 2 is 1.49 bits per heavy atom. The number of amides is 4. The Balaban J connectivity index is 0.00000920. The molecule has 0 bridgehead atoms. The molecule has 0 saturated carbocycles.